The van der Waals surface area contributed by atoms with Crippen molar-refractivity contribution in [3.05, 3.63) is 83.2 Å². The van der Waals surface area contributed by atoms with Gasteiger partial charge in [-0.25, -0.2) is 0 Å². The van der Waals surface area contributed by atoms with Gasteiger partial charge in [-0.15, -0.1) is 0 Å². The smallest absolute Gasteiger partial charge is 0.287 e. The molecule has 0 aliphatic heterocycles. The molecule has 3 rings (SSSR count). The number of carbonyl (C=O) groups excluding carboxylic acids is 2. The lowest BCUT2D eigenvalue weighted by Crippen LogP contribution is -2.44. The van der Waals surface area contributed by atoms with E-state index < -0.39 is 0 Å². The van der Waals surface area contributed by atoms with Crippen molar-refractivity contribution in [3.8, 4) is 0 Å². The van der Waals surface area contributed by atoms with Crippen LogP contribution in [0, 0.1) is 13.8 Å². The fourth-order valence-electron chi connectivity index (χ4n) is 2.75. The quantitative estimate of drug-likeness (QED) is 0.672. The standard InChI is InChI=1S/C21H22N2O4/c1-14-8-10-18(26-14)20(24)22-13-17(12-16-6-4-3-5-7-16)23-21(25)19-11-9-15(2)27-19/h3-11,17H,12-13H2,1-2H3,(H,22,24)(H,23,25)/t17-/m1/s1. The number of hydrogen-bond donors (Lipinski definition) is 2. The van der Waals surface area contributed by atoms with E-state index in [4.69, 9.17) is 8.83 Å². The van der Waals surface area contributed by atoms with Crippen LogP contribution in [0.1, 0.15) is 38.2 Å². The highest BCUT2D eigenvalue weighted by Crippen LogP contribution is 2.09. The van der Waals surface area contributed by atoms with Gasteiger partial charge in [0, 0.05) is 6.54 Å². The molecular weight excluding hydrogens is 344 g/mol. The van der Waals surface area contributed by atoms with Crippen molar-refractivity contribution in [2.24, 2.45) is 0 Å². The van der Waals surface area contributed by atoms with E-state index in [1.165, 1.54) is 0 Å². The maximum Gasteiger partial charge on any atom is 0.287 e. The number of furan rings is 2. The summed E-state index contributed by atoms with van der Waals surface area (Å²) >= 11 is 0. The minimum absolute atomic E-state index is 0.249. The van der Waals surface area contributed by atoms with Crippen LogP contribution < -0.4 is 10.6 Å². The summed E-state index contributed by atoms with van der Waals surface area (Å²) in [5, 5.41) is 5.75. The summed E-state index contributed by atoms with van der Waals surface area (Å²) < 4.78 is 10.7. The van der Waals surface area contributed by atoms with Gasteiger partial charge in [-0.2, -0.15) is 0 Å². The van der Waals surface area contributed by atoms with Crippen LogP contribution in [-0.2, 0) is 6.42 Å². The zero-order valence-corrected chi connectivity index (χ0v) is 15.3. The molecule has 0 saturated heterocycles. The Kier molecular flexibility index (Phi) is 5.76. The molecule has 2 heterocycles. The lowest BCUT2D eigenvalue weighted by molar-refractivity contribution is 0.0879. The SMILES string of the molecule is Cc1ccc(C(=O)NC[C@@H](Cc2ccccc2)NC(=O)c2ccc(C)o2)o1. The van der Waals surface area contributed by atoms with Gasteiger partial charge in [0.1, 0.15) is 11.5 Å². The number of rotatable bonds is 7. The van der Waals surface area contributed by atoms with E-state index in [1.54, 1.807) is 38.1 Å². The zero-order chi connectivity index (χ0) is 19.2. The summed E-state index contributed by atoms with van der Waals surface area (Å²) in [4.78, 5) is 24.7. The molecule has 1 aromatic carbocycles. The Hall–Kier alpha value is -3.28. The van der Waals surface area contributed by atoms with E-state index in [2.05, 4.69) is 10.6 Å². The van der Waals surface area contributed by atoms with Gasteiger partial charge in [0.05, 0.1) is 6.04 Å². The van der Waals surface area contributed by atoms with Gasteiger partial charge in [-0.05, 0) is 50.1 Å². The summed E-state index contributed by atoms with van der Waals surface area (Å²) in [7, 11) is 0. The second kappa shape index (κ2) is 8.40. The molecule has 140 valence electrons. The lowest BCUT2D eigenvalue weighted by Gasteiger charge is -2.19. The highest BCUT2D eigenvalue weighted by atomic mass is 16.4. The molecule has 3 aromatic rings. The molecule has 2 amide bonds. The molecule has 0 saturated carbocycles. The van der Waals surface area contributed by atoms with Crippen molar-refractivity contribution in [3.63, 3.8) is 0 Å². The van der Waals surface area contributed by atoms with Gasteiger partial charge in [0.25, 0.3) is 11.8 Å². The number of benzene rings is 1. The van der Waals surface area contributed by atoms with Crippen LogP contribution in [0.4, 0.5) is 0 Å². The first-order valence-electron chi connectivity index (χ1n) is 8.77. The third-order valence-electron chi connectivity index (χ3n) is 4.10. The molecule has 0 unspecified atom stereocenters. The van der Waals surface area contributed by atoms with Crippen LogP contribution in [-0.4, -0.2) is 24.4 Å². The van der Waals surface area contributed by atoms with E-state index in [9.17, 15) is 9.59 Å². The predicted octanol–water partition coefficient (Wildman–Crippen LogP) is 3.26. The molecule has 0 spiro atoms. The normalized spacial score (nSPS) is 11.8. The summed E-state index contributed by atoms with van der Waals surface area (Å²) in [6, 6.07) is 16.2. The molecule has 0 aliphatic rings. The van der Waals surface area contributed by atoms with Crippen molar-refractivity contribution < 1.29 is 18.4 Å². The van der Waals surface area contributed by atoms with E-state index in [0.29, 0.717) is 17.9 Å². The Balaban J connectivity index is 1.67. The van der Waals surface area contributed by atoms with Crippen LogP contribution in [0.3, 0.4) is 0 Å². The van der Waals surface area contributed by atoms with E-state index in [-0.39, 0.29) is 35.9 Å². The summed E-state index contributed by atoms with van der Waals surface area (Å²) in [6.45, 7) is 3.82. The lowest BCUT2D eigenvalue weighted by atomic mass is 10.1. The van der Waals surface area contributed by atoms with Crippen molar-refractivity contribution in [1.82, 2.24) is 10.6 Å². The maximum atomic E-state index is 12.4. The van der Waals surface area contributed by atoms with Crippen molar-refractivity contribution in [1.29, 1.82) is 0 Å². The fourth-order valence-corrected chi connectivity index (χ4v) is 2.75. The van der Waals surface area contributed by atoms with Crippen LogP contribution in [0.2, 0.25) is 0 Å². The molecular formula is C21H22N2O4. The molecule has 2 aromatic heterocycles. The number of aryl methyl sites for hydroxylation is 2. The Bertz CT molecular complexity index is 911. The van der Waals surface area contributed by atoms with Gasteiger partial charge in [-0.1, -0.05) is 30.3 Å². The molecule has 0 bridgehead atoms. The molecule has 6 heteroatoms. The second-order valence-electron chi connectivity index (χ2n) is 6.39. The molecule has 0 aliphatic carbocycles. The first-order valence-corrected chi connectivity index (χ1v) is 8.77. The Morgan fingerprint density at radius 3 is 2.00 bits per heavy atom. The molecule has 2 N–H and O–H groups in total. The average Bonchev–Trinajstić information content (AvgIpc) is 3.29. The Morgan fingerprint density at radius 2 is 1.44 bits per heavy atom. The fraction of sp³-hybridized carbons (Fsp3) is 0.238. The number of nitrogens with one attached hydrogen (secondary N) is 2. The summed E-state index contributed by atoms with van der Waals surface area (Å²) in [5.41, 5.74) is 1.06. The van der Waals surface area contributed by atoms with Crippen LogP contribution >= 0.6 is 0 Å². The molecule has 0 fully saturated rings. The number of amides is 2. The van der Waals surface area contributed by atoms with Gasteiger partial charge >= 0.3 is 0 Å². The number of carbonyl (C=O) groups is 2. The monoisotopic (exact) mass is 366 g/mol. The highest BCUT2D eigenvalue weighted by Gasteiger charge is 2.19. The van der Waals surface area contributed by atoms with Crippen molar-refractivity contribution in [2.75, 3.05) is 6.54 Å². The molecule has 27 heavy (non-hydrogen) atoms. The first-order chi connectivity index (χ1) is 13.0. The Labute approximate surface area is 157 Å². The molecule has 1 atom stereocenters. The maximum absolute atomic E-state index is 12.4. The van der Waals surface area contributed by atoms with E-state index in [1.807, 2.05) is 30.3 Å². The van der Waals surface area contributed by atoms with E-state index in [0.717, 1.165) is 5.56 Å². The largest absolute Gasteiger partial charge is 0.456 e. The average molecular weight is 366 g/mol. The predicted molar refractivity (Wildman–Crippen MR) is 101 cm³/mol. The van der Waals surface area contributed by atoms with Gasteiger partial charge in [-0.3, -0.25) is 9.59 Å². The Morgan fingerprint density at radius 1 is 0.852 bits per heavy atom. The second-order valence-corrected chi connectivity index (χ2v) is 6.39. The zero-order valence-electron chi connectivity index (χ0n) is 15.3. The van der Waals surface area contributed by atoms with Gasteiger partial charge < -0.3 is 19.5 Å². The van der Waals surface area contributed by atoms with Gasteiger partial charge in [0.2, 0.25) is 0 Å². The molecule has 6 nitrogen and oxygen atoms in total. The highest BCUT2D eigenvalue weighted by molar-refractivity contribution is 5.92. The van der Waals surface area contributed by atoms with Crippen LogP contribution in [0.15, 0.2) is 63.4 Å². The van der Waals surface area contributed by atoms with Crippen LogP contribution in [0.5, 0.6) is 0 Å². The van der Waals surface area contributed by atoms with Crippen LogP contribution in [0.25, 0.3) is 0 Å². The van der Waals surface area contributed by atoms with Gasteiger partial charge in [0.15, 0.2) is 11.5 Å². The third kappa shape index (κ3) is 5.10. The minimum atomic E-state index is -0.316. The third-order valence-corrected chi connectivity index (χ3v) is 4.10. The minimum Gasteiger partial charge on any atom is -0.456 e. The summed E-state index contributed by atoms with van der Waals surface area (Å²) in [6.07, 6.45) is 0.573. The van der Waals surface area contributed by atoms with Crippen molar-refractivity contribution >= 4 is 11.8 Å². The molecule has 0 radical (unpaired) electrons. The van der Waals surface area contributed by atoms with E-state index >= 15 is 0 Å². The first kappa shape index (κ1) is 18.5. The number of hydrogen-bond acceptors (Lipinski definition) is 4. The topological polar surface area (TPSA) is 84.5 Å². The van der Waals surface area contributed by atoms with Crippen molar-refractivity contribution in [2.45, 2.75) is 26.3 Å². The summed E-state index contributed by atoms with van der Waals surface area (Å²) in [5.74, 6) is 1.21.